The number of ether oxygens (including phenoxy) is 1. The van der Waals surface area contributed by atoms with Crippen LogP contribution in [0, 0.1) is 0 Å². The highest BCUT2D eigenvalue weighted by atomic mass is 79.9. The SMILES string of the molecule is COCCNCc1cc(Br)ccc1N1CCCC1(C)C. The van der Waals surface area contributed by atoms with Crippen LogP contribution in [0.5, 0.6) is 0 Å². The van der Waals surface area contributed by atoms with Gasteiger partial charge in [-0.2, -0.15) is 0 Å². The van der Waals surface area contributed by atoms with Crippen LogP contribution < -0.4 is 10.2 Å². The molecule has 1 saturated heterocycles. The summed E-state index contributed by atoms with van der Waals surface area (Å²) in [6, 6.07) is 6.61. The highest BCUT2D eigenvalue weighted by Crippen LogP contribution is 2.36. The van der Waals surface area contributed by atoms with Crippen molar-refractivity contribution in [2.45, 2.75) is 38.8 Å². The molecule has 1 aromatic carbocycles. The molecule has 1 heterocycles. The molecule has 1 aliphatic rings. The third-order valence-corrected chi connectivity index (χ3v) is 4.52. The molecule has 112 valence electrons. The van der Waals surface area contributed by atoms with Crippen LogP contribution in [0.25, 0.3) is 0 Å². The van der Waals surface area contributed by atoms with E-state index in [-0.39, 0.29) is 5.54 Å². The van der Waals surface area contributed by atoms with E-state index in [0.717, 1.165) is 30.7 Å². The zero-order valence-electron chi connectivity index (χ0n) is 12.7. The first kappa shape index (κ1) is 15.8. The fourth-order valence-corrected chi connectivity index (χ4v) is 3.32. The molecule has 0 atom stereocenters. The highest BCUT2D eigenvalue weighted by molar-refractivity contribution is 9.10. The average molecular weight is 341 g/mol. The molecule has 0 radical (unpaired) electrons. The average Bonchev–Trinajstić information content (AvgIpc) is 2.75. The molecule has 1 fully saturated rings. The van der Waals surface area contributed by atoms with Gasteiger partial charge in [0, 0.05) is 42.4 Å². The number of hydrogen-bond donors (Lipinski definition) is 1. The van der Waals surface area contributed by atoms with Gasteiger partial charge in [-0.25, -0.2) is 0 Å². The van der Waals surface area contributed by atoms with Crippen molar-refractivity contribution < 1.29 is 4.74 Å². The monoisotopic (exact) mass is 340 g/mol. The summed E-state index contributed by atoms with van der Waals surface area (Å²) >= 11 is 3.59. The van der Waals surface area contributed by atoms with Crippen molar-refractivity contribution in [3.8, 4) is 0 Å². The first-order valence-electron chi connectivity index (χ1n) is 7.30. The van der Waals surface area contributed by atoms with E-state index in [1.807, 2.05) is 0 Å². The van der Waals surface area contributed by atoms with E-state index in [9.17, 15) is 0 Å². The van der Waals surface area contributed by atoms with Crippen LogP contribution in [-0.2, 0) is 11.3 Å². The summed E-state index contributed by atoms with van der Waals surface area (Å²) in [5, 5.41) is 3.45. The van der Waals surface area contributed by atoms with Gasteiger partial charge < -0.3 is 15.0 Å². The number of rotatable bonds is 6. The molecule has 0 aromatic heterocycles. The molecule has 2 rings (SSSR count). The molecule has 0 saturated carbocycles. The van der Waals surface area contributed by atoms with E-state index in [1.54, 1.807) is 7.11 Å². The Morgan fingerprint density at radius 1 is 1.40 bits per heavy atom. The molecular formula is C16H25BrN2O. The van der Waals surface area contributed by atoms with Crippen LogP contribution >= 0.6 is 15.9 Å². The smallest absolute Gasteiger partial charge is 0.0587 e. The quantitative estimate of drug-likeness (QED) is 0.801. The lowest BCUT2D eigenvalue weighted by atomic mass is 10.0. The Labute approximate surface area is 130 Å². The predicted octanol–water partition coefficient (Wildman–Crippen LogP) is 3.56. The number of hydrogen-bond acceptors (Lipinski definition) is 3. The Morgan fingerprint density at radius 3 is 2.85 bits per heavy atom. The summed E-state index contributed by atoms with van der Waals surface area (Å²) in [6.07, 6.45) is 2.54. The van der Waals surface area contributed by atoms with Crippen LogP contribution in [-0.4, -0.2) is 32.3 Å². The number of halogens is 1. The minimum atomic E-state index is 0.259. The Bertz CT molecular complexity index is 448. The lowest BCUT2D eigenvalue weighted by Gasteiger charge is -2.35. The van der Waals surface area contributed by atoms with E-state index in [2.05, 4.69) is 58.2 Å². The van der Waals surface area contributed by atoms with Gasteiger partial charge in [0.25, 0.3) is 0 Å². The third kappa shape index (κ3) is 3.74. The van der Waals surface area contributed by atoms with Gasteiger partial charge in [-0.05, 0) is 50.5 Å². The van der Waals surface area contributed by atoms with Gasteiger partial charge in [0.2, 0.25) is 0 Å². The fourth-order valence-electron chi connectivity index (χ4n) is 2.91. The summed E-state index contributed by atoms with van der Waals surface area (Å²) in [5.74, 6) is 0. The maximum absolute atomic E-state index is 5.08. The summed E-state index contributed by atoms with van der Waals surface area (Å²) in [4.78, 5) is 2.55. The zero-order valence-corrected chi connectivity index (χ0v) is 14.3. The van der Waals surface area contributed by atoms with Gasteiger partial charge in [-0.15, -0.1) is 0 Å². The second kappa shape index (κ2) is 6.92. The summed E-state index contributed by atoms with van der Waals surface area (Å²) in [6.45, 7) is 8.34. The topological polar surface area (TPSA) is 24.5 Å². The van der Waals surface area contributed by atoms with Crippen molar-refractivity contribution in [2.75, 3.05) is 31.7 Å². The predicted molar refractivity (Wildman–Crippen MR) is 88.4 cm³/mol. The molecule has 0 amide bonds. The van der Waals surface area contributed by atoms with Gasteiger partial charge in [0.05, 0.1) is 6.61 Å². The Morgan fingerprint density at radius 2 is 2.20 bits per heavy atom. The van der Waals surface area contributed by atoms with Crippen molar-refractivity contribution >= 4 is 21.6 Å². The minimum absolute atomic E-state index is 0.259. The number of anilines is 1. The van der Waals surface area contributed by atoms with Crippen molar-refractivity contribution in [1.82, 2.24) is 5.32 Å². The van der Waals surface area contributed by atoms with E-state index >= 15 is 0 Å². The van der Waals surface area contributed by atoms with Crippen LogP contribution in [0.2, 0.25) is 0 Å². The molecule has 3 nitrogen and oxygen atoms in total. The first-order valence-corrected chi connectivity index (χ1v) is 8.09. The number of nitrogens with zero attached hydrogens (tertiary/aromatic N) is 1. The fraction of sp³-hybridized carbons (Fsp3) is 0.625. The molecule has 4 heteroatoms. The van der Waals surface area contributed by atoms with Gasteiger partial charge in [-0.1, -0.05) is 15.9 Å². The molecule has 0 unspecified atom stereocenters. The Hall–Kier alpha value is -0.580. The molecule has 0 aliphatic carbocycles. The van der Waals surface area contributed by atoms with Gasteiger partial charge in [0.1, 0.15) is 0 Å². The van der Waals surface area contributed by atoms with Gasteiger partial charge in [-0.3, -0.25) is 0 Å². The molecular weight excluding hydrogens is 316 g/mol. The van der Waals surface area contributed by atoms with Crippen molar-refractivity contribution in [2.24, 2.45) is 0 Å². The van der Waals surface area contributed by atoms with Gasteiger partial charge >= 0.3 is 0 Å². The largest absolute Gasteiger partial charge is 0.383 e. The second-order valence-corrected chi connectivity index (χ2v) is 6.93. The Balaban J connectivity index is 2.15. The van der Waals surface area contributed by atoms with Gasteiger partial charge in [0.15, 0.2) is 0 Å². The van der Waals surface area contributed by atoms with Crippen molar-refractivity contribution in [1.29, 1.82) is 0 Å². The van der Waals surface area contributed by atoms with E-state index in [0.29, 0.717) is 0 Å². The van der Waals surface area contributed by atoms with E-state index in [1.165, 1.54) is 24.1 Å². The third-order valence-electron chi connectivity index (χ3n) is 4.03. The summed E-state index contributed by atoms with van der Waals surface area (Å²) < 4.78 is 6.22. The van der Waals surface area contributed by atoms with Crippen LogP contribution in [0.1, 0.15) is 32.3 Å². The molecule has 0 spiro atoms. The molecule has 0 bridgehead atoms. The van der Waals surface area contributed by atoms with Crippen LogP contribution in [0.3, 0.4) is 0 Å². The highest BCUT2D eigenvalue weighted by Gasteiger charge is 2.32. The minimum Gasteiger partial charge on any atom is -0.383 e. The number of methoxy groups -OCH3 is 1. The summed E-state index contributed by atoms with van der Waals surface area (Å²) in [5.41, 5.74) is 2.97. The molecule has 1 aromatic rings. The van der Waals surface area contributed by atoms with Crippen molar-refractivity contribution in [3.63, 3.8) is 0 Å². The van der Waals surface area contributed by atoms with Crippen LogP contribution in [0.15, 0.2) is 22.7 Å². The van der Waals surface area contributed by atoms with E-state index < -0.39 is 0 Å². The molecule has 1 aliphatic heterocycles. The lowest BCUT2D eigenvalue weighted by Crippen LogP contribution is -2.39. The number of nitrogens with one attached hydrogen (secondary N) is 1. The first-order chi connectivity index (χ1) is 9.54. The van der Waals surface area contributed by atoms with Crippen molar-refractivity contribution in [3.05, 3.63) is 28.2 Å². The number of benzene rings is 1. The zero-order chi connectivity index (χ0) is 14.6. The lowest BCUT2D eigenvalue weighted by molar-refractivity contribution is 0.199. The van der Waals surface area contributed by atoms with Crippen LogP contribution in [0.4, 0.5) is 5.69 Å². The maximum atomic E-state index is 5.08. The molecule has 20 heavy (non-hydrogen) atoms. The normalized spacial score (nSPS) is 17.7. The Kier molecular flexibility index (Phi) is 5.47. The molecule has 1 N–H and O–H groups in total. The van der Waals surface area contributed by atoms with E-state index in [4.69, 9.17) is 4.74 Å². The second-order valence-electron chi connectivity index (χ2n) is 6.01. The summed E-state index contributed by atoms with van der Waals surface area (Å²) in [7, 11) is 1.74. The standard InChI is InChI=1S/C16H25BrN2O/c1-16(2)7-4-9-19(16)15-6-5-14(17)11-13(15)12-18-8-10-20-3/h5-6,11,18H,4,7-10,12H2,1-3H3. The maximum Gasteiger partial charge on any atom is 0.0587 e.